The van der Waals surface area contributed by atoms with Crippen LogP contribution in [0.3, 0.4) is 0 Å². The van der Waals surface area contributed by atoms with Crippen molar-refractivity contribution in [3.05, 3.63) is 35.5 Å². The van der Waals surface area contributed by atoms with E-state index in [1.54, 1.807) is 4.68 Å². The predicted molar refractivity (Wildman–Crippen MR) is 72.0 cm³/mol. The van der Waals surface area contributed by atoms with E-state index in [2.05, 4.69) is 5.10 Å². The molecule has 1 aromatic carbocycles. The SMILES string of the molecule is CC1(C)CCn2nc(-c3cc(F)c(O)c(F)c3)cc2C1=O. The van der Waals surface area contributed by atoms with E-state index in [1.807, 2.05) is 13.8 Å². The van der Waals surface area contributed by atoms with Gasteiger partial charge in [0.05, 0.1) is 5.69 Å². The van der Waals surface area contributed by atoms with Crippen LogP contribution >= 0.6 is 0 Å². The van der Waals surface area contributed by atoms with Gasteiger partial charge in [-0.3, -0.25) is 9.48 Å². The van der Waals surface area contributed by atoms with Gasteiger partial charge in [0.15, 0.2) is 23.2 Å². The first-order valence-corrected chi connectivity index (χ1v) is 6.60. The van der Waals surface area contributed by atoms with Crippen LogP contribution in [0.5, 0.6) is 5.75 Å². The lowest BCUT2D eigenvalue weighted by Crippen LogP contribution is -2.33. The summed E-state index contributed by atoms with van der Waals surface area (Å²) in [4.78, 5) is 12.3. The van der Waals surface area contributed by atoms with Gasteiger partial charge in [-0.05, 0) is 24.6 Å². The molecule has 21 heavy (non-hydrogen) atoms. The molecule has 1 N–H and O–H groups in total. The summed E-state index contributed by atoms with van der Waals surface area (Å²) in [6.07, 6.45) is 0.665. The molecule has 110 valence electrons. The molecule has 0 fully saturated rings. The van der Waals surface area contributed by atoms with Crippen molar-refractivity contribution >= 4 is 5.78 Å². The van der Waals surface area contributed by atoms with Crippen LogP contribution in [0.4, 0.5) is 8.78 Å². The summed E-state index contributed by atoms with van der Waals surface area (Å²) in [6.45, 7) is 4.31. The first-order valence-electron chi connectivity index (χ1n) is 6.60. The van der Waals surface area contributed by atoms with Crippen molar-refractivity contribution in [1.82, 2.24) is 9.78 Å². The van der Waals surface area contributed by atoms with Crippen LogP contribution in [0.1, 0.15) is 30.8 Å². The molecule has 0 radical (unpaired) electrons. The zero-order valence-electron chi connectivity index (χ0n) is 11.7. The lowest BCUT2D eigenvalue weighted by atomic mass is 9.81. The maximum Gasteiger partial charge on any atom is 0.187 e. The number of aromatic nitrogens is 2. The molecule has 0 spiro atoms. The molecular formula is C15H14F2N2O2. The third-order valence-electron chi connectivity index (χ3n) is 3.89. The maximum absolute atomic E-state index is 13.4. The topological polar surface area (TPSA) is 55.1 Å². The second-order valence-electron chi connectivity index (χ2n) is 5.89. The van der Waals surface area contributed by atoms with E-state index < -0.39 is 22.8 Å². The Labute approximate surface area is 120 Å². The molecule has 0 saturated carbocycles. The van der Waals surface area contributed by atoms with Crippen LogP contribution < -0.4 is 0 Å². The van der Waals surface area contributed by atoms with E-state index in [9.17, 15) is 13.6 Å². The second kappa shape index (κ2) is 4.38. The standard InChI is InChI=1S/C15H14F2N2O2/c1-15(2)3-4-19-12(14(15)21)7-11(18-19)8-5-9(16)13(20)10(17)6-8/h5-7,20H,3-4H2,1-2H3. The second-order valence-corrected chi connectivity index (χ2v) is 5.89. The Bertz CT molecular complexity index is 727. The molecule has 2 heterocycles. The van der Waals surface area contributed by atoms with E-state index in [0.29, 0.717) is 24.4 Å². The summed E-state index contributed by atoms with van der Waals surface area (Å²) in [5.74, 6) is -3.16. The largest absolute Gasteiger partial charge is 0.503 e. The zero-order valence-corrected chi connectivity index (χ0v) is 11.7. The van der Waals surface area contributed by atoms with Crippen LogP contribution in [0, 0.1) is 17.0 Å². The number of carbonyl (C=O) groups excluding carboxylic acids is 1. The smallest absolute Gasteiger partial charge is 0.187 e. The van der Waals surface area contributed by atoms with Crippen molar-refractivity contribution < 1.29 is 18.7 Å². The minimum atomic E-state index is -1.05. The minimum absolute atomic E-state index is 0.0350. The summed E-state index contributed by atoms with van der Waals surface area (Å²) in [6, 6.07) is 3.54. The number of ketones is 1. The van der Waals surface area contributed by atoms with Crippen molar-refractivity contribution in [3.8, 4) is 17.0 Å². The lowest BCUT2D eigenvalue weighted by molar-refractivity contribution is 0.0772. The Morgan fingerprint density at radius 1 is 1.24 bits per heavy atom. The average molecular weight is 292 g/mol. The molecule has 0 amide bonds. The molecule has 0 saturated heterocycles. The Kier molecular flexibility index (Phi) is 2.86. The first kappa shape index (κ1) is 13.7. The fraction of sp³-hybridized carbons (Fsp3) is 0.333. The third-order valence-corrected chi connectivity index (χ3v) is 3.89. The molecule has 0 atom stereocenters. The number of hydrogen-bond donors (Lipinski definition) is 1. The number of benzene rings is 1. The number of phenolic OH excluding ortho intramolecular Hbond substituents is 1. The average Bonchev–Trinajstić information content (AvgIpc) is 2.85. The Morgan fingerprint density at radius 2 is 1.86 bits per heavy atom. The highest BCUT2D eigenvalue weighted by molar-refractivity contribution is 6.00. The first-order chi connectivity index (χ1) is 9.79. The molecule has 4 nitrogen and oxygen atoms in total. The van der Waals surface area contributed by atoms with Gasteiger partial charge >= 0.3 is 0 Å². The number of Topliss-reactive ketones (excluding diaryl/α,β-unsaturated/α-hetero) is 1. The molecule has 0 bridgehead atoms. The van der Waals surface area contributed by atoms with Crippen LogP contribution in [-0.4, -0.2) is 20.7 Å². The fourth-order valence-corrected chi connectivity index (χ4v) is 2.47. The number of nitrogens with zero attached hydrogens (tertiary/aromatic N) is 2. The number of carbonyl (C=O) groups is 1. The highest BCUT2D eigenvalue weighted by atomic mass is 19.1. The van der Waals surface area contributed by atoms with Gasteiger partial charge in [0, 0.05) is 17.5 Å². The molecule has 0 unspecified atom stereocenters. The van der Waals surface area contributed by atoms with E-state index in [4.69, 9.17) is 5.11 Å². The molecule has 6 heteroatoms. The van der Waals surface area contributed by atoms with Crippen molar-refractivity contribution in [2.24, 2.45) is 5.41 Å². The van der Waals surface area contributed by atoms with Crippen LogP contribution in [-0.2, 0) is 6.54 Å². The van der Waals surface area contributed by atoms with Gasteiger partial charge in [0.2, 0.25) is 0 Å². The minimum Gasteiger partial charge on any atom is -0.503 e. The normalized spacial score (nSPS) is 16.9. The van der Waals surface area contributed by atoms with Crippen LogP contribution in [0.15, 0.2) is 18.2 Å². The summed E-state index contributed by atoms with van der Waals surface area (Å²) in [5, 5.41) is 13.4. The number of hydrogen-bond acceptors (Lipinski definition) is 3. The fourth-order valence-electron chi connectivity index (χ4n) is 2.47. The van der Waals surface area contributed by atoms with Gasteiger partial charge < -0.3 is 5.11 Å². The van der Waals surface area contributed by atoms with E-state index in [0.717, 1.165) is 12.1 Å². The van der Waals surface area contributed by atoms with Gasteiger partial charge in [-0.1, -0.05) is 13.8 Å². The predicted octanol–water partition coefficient (Wildman–Crippen LogP) is 3.15. The summed E-state index contributed by atoms with van der Waals surface area (Å²) in [7, 11) is 0. The Hall–Kier alpha value is -2.24. The highest BCUT2D eigenvalue weighted by Gasteiger charge is 2.35. The van der Waals surface area contributed by atoms with Crippen molar-refractivity contribution in [3.63, 3.8) is 0 Å². The Balaban J connectivity index is 2.09. The molecule has 2 aromatic rings. The van der Waals surface area contributed by atoms with Gasteiger partial charge in [-0.15, -0.1) is 0 Å². The van der Waals surface area contributed by atoms with E-state index in [-0.39, 0.29) is 11.3 Å². The number of aromatic hydroxyl groups is 1. The summed E-state index contributed by atoms with van der Waals surface area (Å²) in [5.41, 5.74) is 0.484. The number of aryl methyl sites for hydroxylation is 1. The third kappa shape index (κ3) is 2.11. The van der Waals surface area contributed by atoms with E-state index in [1.165, 1.54) is 6.07 Å². The molecule has 1 aliphatic heterocycles. The summed E-state index contributed by atoms with van der Waals surface area (Å²) >= 11 is 0. The van der Waals surface area contributed by atoms with Crippen molar-refractivity contribution in [2.75, 3.05) is 0 Å². The quantitative estimate of drug-likeness (QED) is 0.878. The summed E-state index contributed by atoms with van der Waals surface area (Å²) < 4.78 is 28.4. The number of fused-ring (bicyclic) bond motifs is 1. The monoisotopic (exact) mass is 292 g/mol. The van der Waals surface area contributed by atoms with Gasteiger partial charge in [-0.25, -0.2) is 8.78 Å². The van der Waals surface area contributed by atoms with Crippen molar-refractivity contribution in [1.29, 1.82) is 0 Å². The zero-order chi connectivity index (χ0) is 15.4. The van der Waals surface area contributed by atoms with Gasteiger partial charge in [-0.2, -0.15) is 5.10 Å². The maximum atomic E-state index is 13.4. The lowest BCUT2D eigenvalue weighted by Gasteiger charge is -2.27. The number of halogens is 2. The van der Waals surface area contributed by atoms with Crippen molar-refractivity contribution in [2.45, 2.75) is 26.8 Å². The molecular weight excluding hydrogens is 278 g/mol. The molecule has 1 aromatic heterocycles. The van der Waals surface area contributed by atoms with Crippen LogP contribution in [0.25, 0.3) is 11.3 Å². The molecule has 1 aliphatic rings. The van der Waals surface area contributed by atoms with Crippen LogP contribution in [0.2, 0.25) is 0 Å². The molecule has 0 aliphatic carbocycles. The van der Waals surface area contributed by atoms with E-state index >= 15 is 0 Å². The van der Waals surface area contributed by atoms with Gasteiger partial charge in [0.25, 0.3) is 0 Å². The number of rotatable bonds is 1. The highest BCUT2D eigenvalue weighted by Crippen LogP contribution is 2.34. The van der Waals surface area contributed by atoms with Gasteiger partial charge in [0.1, 0.15) is 5.69 Å². The number of phenols is 1. The Morgan fingerprint density at radius 3 is 2.48 bits per heavy atom. The molecule has 3 rings (SSSR count).